The minimum absolute atomic E-state index is 0.227. The zero-order valence-electron chi connectivity index (χ0n) is 14.8. The number of carbonyl (C=O) groups is 1. The summed E-state index contributed by atoms with van der Waals surface area (Å²) in [6.07, 6.45) is -2.96. The monoisotopic (exact) mass is 436 g/mol. The lowest BCUT2D eigenvalue weighted by molar-refractivity contribution is -0.146. The van der Waals surface area contributed by atoms with E-state index in [9.17, 15) is 18.0 Å². The van der Waals surface area contributed by atoms with E-state index in [1.54, 1.807) is 42.5 Å². The van der Waals surface area contributed by atoms with E-state index in [1.165, 1.54) is 13.1 Å². The quantitative estimate of drug-likeness (QED) is 0.552. The van der Waals surface area contributed by atoms with Crippen molar-refractivity contribution < 1.29 is 18.0 Å². The van der Waals surface area contributed by atoms with Crippen molar-refractivity contribution in [1.29, 1.82) is 0 Å². The van der Waals surface area contributed by atoms with Gasteiger partial charge in [0.2, 0.25) is 5.82 Å². The Kier molecular flexibility index (Phi) is 4.87. The summed E-state index contributed by atoms with van der Waals surface area (Å²) in [5.41, 5.74) is 1.73. The van der Waals surface area contributed by atoms with Crippen LogP contribution < -0.4 is 5.32 Å². The topological polar surface area (TPSA) is 59.3 Å². The van der Waals surface area contributed by atoms with E-state index in [0.29, 0.717) is 31.9 Å². The van der Waals surface area contributed by atoms with E-state index in [2.05, 4.69) is 15.3 Å². The smallest absolute Gasteiger partial charge is 0.333 e. The molecule has 148 valence electrons. The lowest BCUT2D eigenvalue weighted by atomic mass is 10.2. The number of amides is 1. The number of thioether (sulfide) groups is 1. The van der Waals surface area contributed by atoms with Crippen LogP contribution >= 0.6 is 23.4 Å². The van der Waals surface area contributed by atoms with Crippen LogP contribution in [-0.4, -0.2) is 20.6 Å². The maximum absolute atomic E-state index is 13.0. The van der Waals surface area contributed by atoms with Gasteiger partial charge in [0, 0.05) is 7.05 Å². The van der Waals surface area contributed by atoms with Gasteiger partial charge in [-0.3, -0.25) is 4.79 Å². The van der Waals surface area contributed by atoms with E-state index >= 15 is 0 Å². The molecule has 2 aromatic carbocycles. The molecule has 4 rings (SSSR count). The molecular weight excluding hydrogens is 425 g/mol. The molecule has 1 aliphatic rings. The summed E-state index contributed by atoms with van der Waals surface area (Å²) >= 11 is 7.22. The van der Waals surface area contributed by atoms with Gasteiger partial charge in [-0.1, -0.05) is 29.8 Å². The maximum atomic E-state index is 13.0. The van der Waals surface area contributed by atoms with Gasteiger partial charge < -0.3 is 9.88 Å². The number of imidazole rings is 1. The van der Waals surface area contributed by atoms with Crippen LogP contribution in [0.4, 0.5) is 18.9 Å². The molecule has 1 amide bonds. The third-order valence-corrected chi connectivity index (χ3v) is 5.42. The van der Waals surface area contributed by atoms with Gasteiger partial charge in [-0.25, -0.2) is 4.98 Å². The number of benzene rings is 2. The second kappa shape index (κ2) is 7.23. The molecule has 1 aliphatic heterocycles. The highest BCUT2D eigenvalue weighted by molar-refractivity contribution is 8.18. The normalized spacial score (nSPS) is 16.0. The molecule has 0 bridgehead atoms. The Bertz CT molecular complexity index is 1200. The molecule has 1 aromatic heterocycles. The van der Waals surface area contributed by atoms with Crippen LogP contribution in [0, 0.1) is 0 Å². The number of hydrogen-bond acceptors (Lipinski definition) is 4. The van der Waals surface area contributed by atoms with E-state index in [0.717, 1.165) is 16.3 Å². The van der Waals surface area contributed by atoms with Crippen molar-refractivity contribution in [3.8, 4) is 0 Å². The first-order valence-corrected chi connectivity index (χ1v) is 9.49. The van der Waals surface area contributed by atoms with Crippen molar-refractivity contribution >= 4 is 57.2 Å². The molecule has 0 spiro atoms. The Morgan fingerprint density at radius 1 is 1.21 bits per heavy atom. The van der Waals surface area contributed by atoms with Gasteiger partial charge in [-0.15, -0.1) is 0 Å². The van der Waals surface area contributed by atoms with Gasteiger partial charge in [0.05, 0.1) is 26.6 Å². The number of anilines is 1. The maximum Gasteiger partial charge on any atom is 0.449 e. The van der Waals surface area contributed by atoms with Crippen molar-refractivity contribution in [2.24, 2.45) is 12.0 Å². The van der Waals surface area contributed by atoms with E-state index in [1.807, 2.05) is 0 Å². The fourth-order valence-electron chi connectivity index (χ4n) is 2.84. The number of aliphatic imine (C=N–C) groups is 1. The highest BCUT2D eigenvalue weighted by Gasteiger charge is 2.36. The van der Waals surface area contributed by atoms with E-state index < -0.39 is 17.9 Å². The summed E-state index contributed by atoms with van der Waals surface area (Å²) in [4.78, 5) is 20.2. The van der Waals surface area contributed by atoms with Crippen LogP contribution in [0.15, 0.2) is 52.4 Å². The number of para-hydroxylation sites is 1. The summed E-state index contributed by atoms with van der Waals surface area (Å²) in [7, 11) is 1.30. The molecule has 3 aromatic rings. The minimum atomic E-state index is -4.54. The van der Waals surface area contributed by atoms with Crippen LogP contribution in [0.3, 0.4) is 0 Å². The number of hydrogen-bond donors (Lipinski definition) is 1. The number of halogens is 4. The molecule has 29 heavy (non-hydrogen) atoms. The van der Waals surface area contributed by atoms with Crippen molar-refractivity contribution in [1.82, 2.24) is 9.55 Å². The Morgan fingerprint density at radius 3 is 2.69 bits per heavy atom. The highest BCUT2D eigenvalue weighted by Crippen LogP contribution is 2.33. The minimum Gasteiger partial charge on any atom is -0.333 e. The van der Waals surface area contributed by atoms with Crippen molar-refractivity contribution in [3.63, 3.8) is 0 Å². The van der Waals surface area contributed by atoms with Crippen LogP contribution in [-0.2, 0) is 18.0 Å². The Balaban J connectivity index is 1.60. The number of rotatable bonds is 2. The summed E-state index contributed by atoms with van der Waals surface area (Å²) in [6, 6.07) is 11.7. The molecule has 0 atom stereocenters. The summed E-state index contributed by atoms with van der Waals surface area (Å²) in [5, 5.41) is 3.85. The SMILES string of the molecule is Cn1c(C(F)(F)F)nc2ccc(C=C3SC(Nc4ccccc4Cl)=NC3=O)cc21. The van der Waals surface area contributed by atoms with Gasteiger partial charge in [0.15, 0.2) is 5.17 Å². The van der Waals surface area contributed by atoms with Gasteiger partial charge >= 0.3 is 6.18 Å². The van der Waals surface area contributed by atoms with Crippen molar-refractivity contribution in [2.75, 3.05) is 5.32 Å². The van der Waals surface area contributed by atoms with Crippen LogP contribution in [0.25, 0.3) is 17.1 Å². The average molecular weight is 437 g/mol. The lowest BCUT2D eigenvalue weighted by Crippen LogP contribution is -2.12. The van der Waals surface area contributed by atoms with Gasteiger partial charge in [-0.05, 0) is 47.7 Å². The fraction of sp³-hybridized carbons (Fsp3) is 0.105. The molecular formula is C19H12ClF3N4OS. The largest absolute Gasteiger partial charge is 0.449 e. The second-order valence-corrected chi connectivity index (χ2v) is 7.62. The van der Waals surface area contributed by atoms with Crippen molar-refractivity contribution in [3.05, 3.63) is 63.8 Å². The molecule has 0 aliphatic carbocycles. The average Bonchev–Trinajstić information content (AvgIpc) is 3.17. The summed E-state index contributed by atoms with van der Waals surface area (Å²) < 4.78 is 40.1. The molecule has 10 heteroatoms. The second-order valence-electron chi connectivity index (χ2n) is 6.18. The molecule has 0 saturated carbocycles. The predicted molar refractivity (Wildman–Crippen MR) is 109 cm³/mol. The lowest BCUT2D eigenvalue weighted by Gasteiger charge is -2.06. The first-order valence-electron chi connectivity index (χ1n) is 8.30. The van der Waals surface area contributed by atoms with Gasteiger partial charge in [0.25, 0.3) is 5.91 Å². The summed E-state index contributed by atoms with van der Waals surface area (Å²) in [6.45, 7) is 0. The molecule has 2 heterocycles. The Labute approximate surface area is 172 Å². The van der Waals surface area contributed by atoms with Crippen LogP contribution in [0.5, 0.6) is 0 Å². The standard InChI is InChI=1S/C19H12ClF3N4OS/c1-27-14-8-10(6-7-13(14)24-17(27)19(21,22)23)9-15-16(28)26-18(29-15)25-12-5-3-2-4-11(12)20/h2-9H,1H3,(H,25,26,28). The number of nitrogens with zero attached hydrogens (tertiary/aromatic N) is 3. The molecule has 0 radical (unpaired) electrons. The first kappa shape index (κ1) is 19.5. The molecule has 0 fully saturated rings. The van der Waals surface area contributed by atoms with E-state index in [-0.39, 0.29) is 5.52 Å². The van der Waals surface area contributed by atoms with Gasteiger partial charge in [-0.2, -0.15) is 18.2 Å². The Morgan fingerprint density at radius 2 is 1.97 bits per heavy atom. The summed E-state index contributed by atoms with van der Waals surface area (Å²) in [5.74, 6) is -1.41. The van der Waals surface area contributed by atoms with Crippen LogP contribution in [0.2, 0.25) is 5.02 Å². The number of alkyl halides is 3. The highest BCUT2D eigenvalue weighted by atomic mass is 35.5. The molecule has 1 N–H and O–H groups in total. The third-order valence-electron chi connectivity index (χ3n) is 4.19. The zero-order chi connectivity index (χ0) is 20.8. The third kappa shape index (κ3) is 3.88. The molecule has 0 saturated heterocycles. The first-order chi connectivity index (χ1) is 13.7. The number of nitrogens with one attached hydrogen (secondary N) is 1. The number of aryl methyl sites for hydroxylation is 1. The van der Waals surface area contributed by atoms with Crippen molar-refractivity contribution in [2.45, 2.75) is 6.18 Å². The van der Waals surface area contributed by atoms with Gasteiger partial charge in [0.1, 0.15) is 0 Å². The molecule has 5 nitrogen and oxygen atoms in total. The van der Waals surface area contributed by atoms with Crippen LogP contribution in [0.1, 0.15) is 11.4 Å². The van der Waals surface area contributed by atoms with E-state index in [4.69, 9.17) is 11.6 Å². The zero-order valence-corrected chi connectivity index (χ0v) is 16.4. The predicted octanol–water partition coefficient (Wildman–Crippen LogP) is 5.33. The Hall–Kier alpha value is -2.78. The number of carbonyl (C=O) groups excluding carboxylic acids is 1. The fourth-order valence-corrected chi connectivity index (χ4v) is 3.85. The number of fused-ring (bicyclic) bond motifs is 1. The number of aromatic nitrogens is 2. The molecule has 0 unspecified atom stereocenters. The number of amidine groups is 1.